The van der Waals surface area contributed by atoms with E-state index in [-0.39, 0.29) is 5.56 Å². The number of aromatic nitrogens is 2. The fraction of sp³-hybridized carbons (Fsp3) is 0.733. The van der Waals surface area contributed by atoms with Crippen LogP contribution >= 0.6 is 15.9 Å². The van der Waals surface area contributed by atoms with Crippen LogP contribution in [0.15, 0.2) is 15.5 Å². The number of nitrogens with two attached hydrogens (primary N) is 1. The van der Waals surface area contributed by atoms with Gasteiger partial charge >= 0.3 is 0 Å². The smallest absolute Gasteiger partial charge is 0.291 e. The van der Waals surface area contributed by atoms with Crippen LogP contribution < -0.4 is 16.6 Å². The molecule has 0 aliphatic heterocycles. The van der Waals surface area contributed by atoms with E-state index in [1.54, 1.807) is 10.9 Å². The van der Waals surface area contributed by atoms with Crippen molar-refractivity contribution in [1.82, 2.24) is 9.78 Å². The minimum atomic E-state index is -0.0149. The summed E-state index contributed by atoms with van der Waals surface area (Å²) in [5, 5.41) is 7.69. The Kier molecular flexibility index (Phi) is 4.64. The van der Waals surface area contributed by atoms with E-state index in [4.69, 9.17) is 5.73 Å². The van der Waals surface area contributed by atoms with Gasteiger partial charge in [0.1, 0.15) is 5.69 Å². The fourth-order valence-electron chi connectivity index (χ4n) is 3.34. The Balaban J connectivity index is 1.79. The van der Waals surface area contributed by atoms with Crippen molar-refractivity contribution < 1.29 is 0 Å². The van der Waals surface area contributed by atoms with Gasteiger partial charge in [-0.05, 0) is 60.0 Å². The highest BCUT2D eigenvalue weighted by Crippen LogP contribution is 2.30. The molecule has 2 saturated carbocycles. The van der Waals surface area contributed by atoms with Crippen LogP contribution in [0.2, 0.25) is 0 Å². The van der Waals surface area contributed by atoms with Crippen LogP contribution in [0.1, 0.15) is 38.5 Å². The van der Waals surface area contributed by atoms with E-state index in [9.17, 15) is 4.79 Å². The third kappa shape index (κ3) is 3.16. The quantitative estimate of drug-likeness (QED) is 0.850. The first-order chi connectivity index (χ1) is 10.2. The van der Waals surface area contributed by atoms with Crippen molar-refractivity contribution in [1.29, 1.82) is 0 Å². The van der Waals surface area contributed by atoms with Crippen molar-refractivity contribution in [3.8, 4) is 0 Å². The van der Waals surface area contributed by atoms with Gasteiger partial charge in [-0.1, -0.05) is 12.8 Å². The second-order valence-electron chi connectivity index (χ2n) is 6.33. The van der Waals surface area contributed by atoms with Crippen molar-refractivity contribution in [3.63, 3.8) is 0 Å². The van der Waals surface area contributed by atoms with Gasteiger partial charge in [0.15, 0.2) is 0 Å². The van der Waals surface area contributed by atoms with Gasteiger partial charge in [-0.25, -0.2) is 4.68 Å². The van der Waals surface area contributed by atoms with Gasteiger partial charge in [0, 0.05) is 12.6 Å². The molecular formula is C15H23BrN4O. The first-order valence-corrected chi connectivity index (χ1v) is 8.70. The molecule has 0 saturated heterocycles. The number of nitrogens with one attached hydrogen (secondary N) is 1. The normalized spacial score (nSPS) is 25.8. The first-order valence-electron chi connectivity index (χ1n) is 7.91. The molecule has 0 bridgehead atoms. The average molecular weight is 355 g/mol. The van der Waals surface area contributed by atoms with Gasteiger partial charge in [0.2, 0.25) is 0 Å². The van der Waals surface area contributed by atoms with Crippen LogP contribution in [0.3, 0.4) is 0 Å². The molecule has 2 unspecified atom stereocenters. The summed E-state index contributed by atoms with van der Waals surface area (Å²) in [5.41, 5.74) is 6.46. The van der Waals surface area contributed by atoms with Crippen molar-refractivity contribution >= 4 is 21.6 Å². The van der Waals surface area contributed by atoms with Crippen LogP contribution in [-0.2, 0) is 6.54 Å². The second kappa shape index (κ2) is 6.48. The van der Waals surface area contributed by atoms with E-state index in [0.29, 0.717) is 30.1 Å². The van der Waals surface area contributed by atoms with E-state index < -0.39 is 0 Å². The maximum absolute atomic E-state index is 12.6. The third-order valence-electron chi connectivity index (χ3n) is 4.95. The molecule has 2 atom stereocenters. The molecule has 3 rings (SSSR count). The number of nitrogens with zero attached hydrogens (tertiary/aromatic N) is 2. The highest BCUT2D eigenvalue weighted by atomic mass is 79.9. The summed E-state index contributed by atoms with van der Waals surface area (Å²) in [7, 11) is 0. The third-order valence-corrected chi connectivity index (χ3v) is 5.55. The van der Waals surface area contributed by atoms with Crippen LogP contribution in [0.5, 0.6) is 0 Å². The highest BCUT2D eigenvalue weighted by Gasteiger charge is 2.28. The summed E-state index contributed by atoms with van der Waals surface area (Å²) in [4.78, 5) is 12.6. The molecule has 2 fully saturated rings. The maximum atomic E-state index is 12.6. The van der Waals surface area contributed by atoms with Gasteiger partial charge in [-0.2, -0.15) is 5.10 Å². The Morgan fingerprint density at radius 1 is 1.33 bits per heavy atom. The lowest BCUT2D eigenvalue weighted by Crippen LogP contribution is -2.35. The zero-order chi connectivity index (χ0) is 14.8. The molecule has 116 valence electrons. The largest absolute Gasteiger partial charge is 0.377 e. The summed E-state index contributed by atoms with van der Waals surface area (Å²) >= 11 is 3.46. The molecule has 2 aliphatic carbocycles. The van der Waals surface area contributed by atoms with Crippen LogP contribution in [0.4, 0.5) is 5.69 Å². The number of hydrogen-bond acceptors (Lipinski definition) is 4. The SMILES string of the molecule is NCC1CCCC1Nc1c(Br)cnn(CC2CCC2)c1=O. The molecule has 3 N–H and O–H groups in total. The summed E-state index contributed by atoms with van der Waals surface area (Å²) in [6.45, 7) is 1.42. The lowest BCUT2D eigenvalue weighted by Gasteiger charge is -2.26. The van der Waals surface area contributed by atoms with Crippen LogP contribution in [0, 0.1) is 11.8 Å². The Morgan fingerprint density at radius 3 is 2.76 bits per heavy atom. The number of halogens is 1. The van der Waals surface area contributed by atoms with E-state index in [1.807, 2.05) is 0 Å². The predicted molar refractivity (Wildman–Crippen MR) is 87.3 cm³/mol. The van der Waals surface area contributed by atoms with Gasteiger partial charge in [-0.3, -0.25) is 4.79 Å². The minimum absolute atomic E-state index is 0.0149. The average Bonchev–Trinajstić information content (AvgIpc) is 2.88. The lowest BCUT2D eigenvalue weighted by molar-refractivity contribution is 0.262. The zero-order valence-electron chi connectivity index (χ0n) is 12.2. The summed E-state index contributed by atoms with van der Waals surface area (Å²) < 4.78 is 2.36. The topological polar surface area (TPSA) is 72.9 Å². The fourth-order valence-corrected chi connectivity index (χ4v) is 3.72. The Bertz CT molecular complexity index is 555. The summed E-state index contributed by atoms with van der Waals surface area (Å²) in [6, 6.07) is 0.304. The maximum Gasteiger partial charge on any atom is 0.291 e. The van der Waals surface area contributed by atoms with Crippen molar-refractivity contribution in [3.05, 3.63) is 21.0 Å². The standard InChI is InChI=1S/C15H23BrN4O/c16-12-8-18-20(9-10-3-1-4-10)15(21)14(12)19-13-6-2-5-11(13)7-17/h8,10-11,13,19H,1-7,9,17H2. The molecule has 1 aromatic heterocycles. The van der Waals surface area contributed by atoms with E-state index in [2.05, 4.69) is 26.3 Å². The molecular weight excluding hydrogens is 332 g/mol. The molecule has 1 aromatic rings. The number of rotatable bonds is 5. The van der Waals surface area contributed by atoms with Gasteiger partial charge in [0.25, 0.3) is 5.56 Å². The molecule has 1 heterocycles. The van der Waals surface area contributed by atoms with E-state index >= 15 is 0 Å². The molecule has 2 aliphatic rings. The van der Waals surface area contributed by atoms with Crippen molar-refractivity contribution in [2.45, 2.75) is 51.1 Å². The predicted octanol–water partition coefficient (Wildman–Crippen LogP) is 2.35. The first kappa shape index (κ1) is 15.0. The molecule has 6 heteroatoms. The van der Waals surface area contributed by atoms with E-state index in [1.165, 1.54) is 25.7 Å². The number of hydrogen-bond donors (Lipinski definition) is 2. The molecule has 21 heavy (non-hydrogen) atoms. The number of anilines is 1. The summed E-state index contributed by atoms with van der Waals surface area (Å²) in [6.07, 6.45) is 8.84. The van der Waals surface area contributed by atoms with Crippen molar-refractivity contribution in [2.75, 3.05) is 11.9 Å². The second-order valence-corrected chi connectivity index (χ2v) is 7.18. The van der Waals surface area contributed by atoms with Gasteiger partial charge < -0.3 is 11.1 Å². The highest BCUT2D eigenvalue weighted by molar-refractivity contribution is 9.10. The van der Waals surface area contributed by atoms with Gasteiger partial charge in [0.05, 0.1) is 10.7 Å². The molecule has 0 radical (unpaired) electrons. The Labute approximate surface area is 133 Å². The van der Waals surface area contributed by atoms with Crippen LogP contribution in [-0.4, -0.2) is 22.4 Å². The van der Waals surface area contributed by atoms with Crippen LogP contribution in [0.25, 0.3) is 0 Å². The van der Waals surface area contributed by atoms with E-state index in [0.717, 1.165) is 23.9 Å². The van der Waals surface area contributed by atoms with Gasteiger partial charge in [-0.15, -0.1) is 0 Å². The Morgan fingerprint density at radius 2 is 2.10 bits per heavy atom. The zero-order valence-corrected chi connectivity index (χ0v) is 13.8. The molecule has 5 nitrogen and oxygen atoms in total. The Hall–Kier alpha value is -0.880. The minimum Gasteiger partial charge on any atom is -0.377 e. The monoisotopic (exact) mass is 354 g/mol. The molecule has 0 amide bonds. The molecule has 0 aromatic carbocycles. The van der Waals surface area contributed by atoms with Crippen molar-refractivity contribution in [2.24, 2.45) is 17.6 Å². The molecule has 0 spiro atoms. The lowest BCUT2D eigenvalue weighted by atomic mass is 9.85. The summed E-state index contributed by atoms with van der Waals surface area (Å²) in [5.74, 6) is 1.08.